The molecule has 0 unspecified atom stereocenters. The van der Waals surface area contributed by atoms with Crippen molar-refractivity contribution in [3.8, 4) is 10.4 Å². The number of ether oxygens (including phenoxy) is 1. The molecule has 2 aromatic heterocycles. The number of nitrogens with zero attached hydrogens (tertiary/aromatic N) is 2. The van der Waals surface area contributed by atoms with E-state index in [4.69, 9.17) is 4.74 Å². The van der Waals surface area contributed by atoms with Crippen molar-refractivity contribution in [1.82, 2.24) is 15.3 Å². The molecular weight excluding hydrogens is 276 g/mol. The Bertz CT molecular complexity index is 571. The molecule has 0 saturated heterocycles. The second-order valence-corrected chi connectivity index (χ2v) is 5.04. The van der Waals surface area contributed by atoms with Crippen molar-refractivity contribution in [2.24, 2.45) is 0 Å². The molecule has 0 atom stereocenters. The first-order valence-corrected chi connectivity index (χ1v) is 6.94. The SMILES string of the molecule is COCCNC(=O)Nc1nc(C)c(-c2ccncc2)s1. The van der Waals surface area contributed by atoms with E-state index in [1.807, 2.05) is 19.1 Å². The highest BCUT2D eigenvalue weighted by Gasteiger charge is 2.11. The first-order valence-electron chi connectivity index (χ1n) is 6.12. The number of amides is 2. The largest absolute Gasteiger partial charge is 0.383 e. The summed E-state index contributed by atoms with van der Waals surface area (Å²) < 4.78 is 4.86. The van der Waals surface area contributed by atoms with E-state index in [0.717, 1.165) is 16.1 Å². The lowest BCUT2D eigenvalue weighted by Crippen LogP contribution is -2.31. The van der Waals surface area contributed by atoms with Gasteiger partial charge in [0, 0.05) is 26.0 Å². The third-order valence-electron chi connectivity index (χ3n) is 2.55. The molecule has 0 aromatic carbocycles. The Hall–Kier alpha value is -1.99. The van der Waals surface area contributed by atoms with Crippen molar-refractivity contribution in [2.45, 2.75) is 6.92 Å². The van der Waals surface area contributed by atoms with Crippen molar-refractivity contribution in [2.75, 3.05) is 25.6 Å². The molecule has 0 radical (unpaired) electrons. The topological polar surface area (TPSA) is 76.1 Å². The Morgan fingerprint density at radius 3 is 2.85 bits per heavy atom. The molecule has 0 spiro atoms. The fraction of sp³-hybridized carbons (Fsp3) is 0.308. The maximum absolute atomic E-state index is 11.6. The average molecular weight is 292 g/mol. The van der Waals surface area contributed by atoms with E-state index in [1.54, 1.807) is 19.5 Å². The molecule has 6 nitrogen and oxygen atoms in total. The van der Waals surface area contributed by atoms with Crippen LogP contribution in [-0.4, -0.2) is 36.3 Å². The van der Waals surface area contributed by atoms with Crippen molar-refractivity contribution < 1.29 is 9.53 Å². The maximum atomic E-state index is 11.6. The molecule has 0 fully saturated rings. The van der Waals surface area contributed by atoms with Crippen molar-refractivity contribution in [3.05, 3.63) is 30.2 Å². The van der Waals surface area contributed by atoms with Crippen LogP contribution in [0.4, 0.5) is 9.93 Å². The van der Waals surface area contributed by atoms with Crippen molar-refractivity contribution in [3.63, 3.8) is 0 Å². The second kappa shape index (κ2) is 6.97. The summed E-state index contributed by atoms with van der Waals surface area (Å²) in [6.45, 7) is 2.86. The predicted octanol–water partition coefficient (Wildman–Crippen LogP) is 2.28. The lowest BCUT2D eigenvalue weighted by atomic mass is 10.2. The number of methoxy groups -OCH3 is 1. The molecule has 2 heterocycles. The standard InChI is InChI=1S/C13H16N4O2S/c1-9-11(10-3-5-14-6-4-10)20-13(16-9)17-12(18)15-7-8-19-2/h3-6H,7-8H2,1-2H3,(H2,15,16,17,18). The average Bonchev–Trinajstić information content (AvgIpc) is 2.81. The van der Waals surface area contributed by atoms with Gasteiger partial charge >= 0.3 is 6.03 Å². The van der Waals surface area contributed by atoms with E-state index in [2.05, 4.69) is 20.6 Å². The van der Waals surface area contributed by atoms with Crippen LogP contribution in [0.5, 0.6) is 0 Å². The second-order valence-electron chi connectivity index (χ2n) is 4.04. The highest BCUT2D eigenvalue weighted by atomic mass is 32.1. The smallest absolute Gasteiger partial charge is 0.321 e. The molecule has 2 amide bonds. The molecule has 0 saturated carbocycles. The number of pyridine rings is 1. The molecule has 7 heteroatoms. The van der Waals surface area contributed by atoms with Gasteiger partial charge in [-0.25, -0.2) is 9.78 Å². The summed E-state index contributed by atoms with van der Waals surface area (Å²) in [6, 6.07) is 3.56. The summed E-state index contributed by atoms with van der Waals surface area (Å²) in [7, 11) is 1.59. The van der Waals surface area contributed by atoms with Crippen LogP contribution >= 0.6 is 11.3 Å². The number of aryl methyl sites for hydroxylation is 1. The zero-order valence-corrected chi connectivity index (χ0v) is 12.2. The quantitative estimate of drug-likeness (QED) is 0.829. The minimum absolute atomic E-state index is 0.280. The monoisotopic (exact) mass is 292 g/mol. The number of carbonyl (C=O) groups excluding carboxylic acids is 1. The highest BCUT2D eigenvalue weighted by molar-refractivity contribution is 7.19. The number of hydrogen-bond donors (Lipinski definition) is 2. The number of rotatable bonds is 5. The van der Waals surface area contributed by atoms with Crippen molar-refractivity contribution in [1.29, 1.82) is 0 Å². The number of hydrogen-bond acceptors (Lipinski definition) is 5. The number of nitrogens with one attached hydrogen (secondary N) is 2. The molecular formula is C13H16N4O2S. The van der Waals surface area contributed by atoms with Crippen LogP contribution in [-0.2, 0) is 4.74 Å². The first-order chi connectivity index (χ1) is 9.70. The Kier molecular flexibility index (Phi) is 5.03. The predicted molar refractivity (Wildman–Crippen MR) is 79.0 cm³/mol. The molecule has 2 rings (SSSR count). The van der Waals surface area contributed by atoms with Crippen LogP contribution in [0.15, 0.2) is 24.5 Å². The van der Waals surface area contributed by atoms with Gasteiger partial charge in [-0.1, -0.05) is 11.3 Å². The number of aromatic nitrogens is 2. The van der Waals surface area contributed by atoms with Gasteiger partial charge in [0.05, 0.1) is 17.2 Å². The summed E-state index contributed by atoms with van der Waals surface area (Å²) in [5, 5.41) is 5.97. The normalized spacial score (nSPS) is 10.3. The fourth-order valence-electron chi connectivity index (χ4n) is 1.63. The van der Waals surface area contributed by atoms with Crippen LogP contribution < -0.4 is 10.6 Å². The number of urea groups is 1. The molecule has 0 aliphatic rings. The number of anilines is 1. The minimum Gasteiger partial charge on any atom is -0.383 e. The Morgan fingerprint density at radius 2 is 2.15 bits per heavy atom. The number of thiazole rings is 1. The van der Waals surface area contributed by atoms with Gasteiger partial charge in [0.1, 0.15) is 0 Å². The van der Waals surface area contributed by atoms with E-state index in [1.165, 1.54) is 11.3 Å². The molecule has 0 aliphatic heterocycles. The molecule has 20 heavy (non-hydrogen) atoms. The van der Waals surface area contributed by atoms with Crippen molar-refractivity contribution >= 4 is 22.5 Å². The molecule has 2 aromatic rings. The lowest BCUT2D eigenvalue weighted by molar-refractivity contribution is 0.198. The van der Waals surface area contributed by atoms with Crippen LogP contribution in [0.1, 0.15) is 5.69 Å². The summed E-state index contributed by atoms with van der Waals surface area (Å²) >= 11 is 1.44. The van der Waals surface area contributed by atoms with Crippen LogP contribution in [0.2, 0.25) is 0 Å². The van der Waals surface area contributed by atoms with E-state index in [9.17, 15) is 4.79 Å². The molecule has 106 valence electrons. The highest BCUT2D eigenvalue weighted by Crippen LogP contribution is 2.32. The van der Waals surface area contributed by atoms with Gasteiger partial charge in [-0.05, 0) is 24.6 Å². The van der Waals surface area contributed by atoms with Crippen LogP contribution in [0, 0.1) is 6.92 Å². The Labute approximate surface area is 121 Å². The lowest BCUT2D eigenvalue weighted by Gasteiger charge is -2.03. The van der Waals surface area contributed by atoms with Crippen LogP contribution in [0.25, 0.3) is 10.4 Å². The number of carbonyl (C=O) groups is 1. The summed E-state index contributed by atoms with van der Waals surface area (Å²) in [4.78, 5) is 21.0. The molecule has 0 bridgehead atoms. The van der Waals surface area contributed by atoms with Gasteiger partial charge in [0.25, 0.3) is 0 Å². The van der Waals surface area contributed by atoms with E-state index < -0.39 is 0 Å². The fourth-order valence-corrected chi connectivity index (χ4v) is 2.60. The van der Waals surface area contributed by atoms with E-state index in [-0.39, 0.29) is 6.03 Å². The Morgan fingerprint density at radius 1 is 1.40 bits per heavy atom. The van der Waals surface area contributed by atoms with Gasteiger partial charge in [-0.2, -0.15) is 0 Å². The van der Waals surface area contributed by atoms with Gasteiger partial charge < -0.3 is 10.1 Å². The summed E-state index contributed by atoms with van der Waals surface area (Å²) in [6.07, 6.45) is 3.47. The summed E-state index contributed by atoms with van der Waals surface area (Å²) in [5.41, 5.74) is 1.93. The zero-order chi connectivity index (χ0) is 14.4. The van der Waals surface area contributed by atoms with Gasteiger partial charge in [-0.3, -0.25) is 10.3 Å². The molecule has 2 N–H and O–H groups in total. The van der Waals surface area contributed by atoms with E-state index >= 15 is 0 Å². The third-order valence-corrected chi connectivity index (χ3v) is 3.67. The first kappa shape index (κ1) is 14.4. The summed E-state index contributed by atoms with van der Waals surface area (Å²) in [5.74, 6) is 0. The molecule has 0 aliphatic carbocycles. The van der Waals surface area contributed by atoms with Crippen LogP contribution in [0.3, 0.4) is 0 Å². The Balaban J connectivity index is 2.03. The van der Waals surface area contributed by atoms with Gasteiger partial charge in [-0.15, -0.1) is 0 Å². The maximum Gasteiger partial charge on any atom is 0.321 e. The van der Waals surface area contributed by atoms with Gasteiger partial charge in [0.15, 0.2) is 5.13 Å². The minimum atomic E-state index is -0.280. The third kappa shape index (κ3) is 3.75. The van der Waals surface area contributed by atoms with E-state index in [0.29, 0.717) is 18.3 Å². The zero-order valence-electron chi connectivity index (χ0n) is 11.3. The van der Waals surface area contributed by atoms with Gasteiger partial charge in [0.2, 0.25) is 0 Å².